The van der Waals surface area contributed by atoms with Crippen molar-refractivity contribution in [3.8, 4) is 0 Å². The molecule has 2 atom stereocenters. The van der Waals surface area contributed by atoms with Crippen LogP contribution in [0.25, 0.3) is 0 Å². The van der Waals surface area contributed by atoms with Gasteiger partial charge in [0.1, 0.15) is 19.8 Å². The van der Waals surface area contributed by atoms with Gasteiger partial charge in [-0.2, -0.15) is 0 Å². The van der Waals surface area contributed by atoms with Crippen LogP contribution in [0.5, 0.6) is 0 Å². The molecule has 0 spiro atoms. The maximum atomic E-state index is 13.7. The number of nitrogens with one attached hydrogen (secondary N) is 2. The van der Waals surface area contributed by atoms with E-state index in [4.69, 9.17) is 18.9 Å². The summed E-state index contributed by atoms with van der Waals surface area (Å²) in [6, 6.07) is 11.2. The lowest BCUT2D eigenvalue weighted by Gasteiger charge is -2.30. The number of dihydropyridines is 2. The largest absolute Gasteiger partial charge is 0.463 e. The Kier molecular flexibility index (Phi) is 12.8. The second-order valence-electron chi connectivity index (χ2n) is 11.8. The number of carbonyl (C=O) groups excluding carboxylic acids is 4. The van der Waals surface area contributed by atoms with E-state index in [9.17, 15) is 44.5 Å². The zero-order valence-electron chi connectivity index (χ0n) is 29.5. The molecule has 53 heavy (non-hydrogen) atoms. The highest BCUT2D eigenvalue weighted by Crippen LogP contribution is 2.44. The zero-order valence-corrected chi connectivity index (χ0v) is 29.5. The first-order valence-electron chi connectivity index (χ1n) is 16.4. The Morgan fingerprint density at radius 3 is 1.25 bits per heavy atom. The third-order valence-corrected chi connectivity index (χ3v) is 8.44. The molecule has 0 amide bonds. The Hall–Kier alpha value is -6.36. The topological polar surface area (TPSA) is 236 Å². The molecule has 2 aliphatic rings. The van der Waals surface area contributed by atoms with Crippen LogP contribution in [-0.2, 0) is 38.1 Å². The molecule has 280 valence electrons. The number of aliphatic hydroxyl groups excluding tert-OH is 1. The minimum Gasteiger partial charge on any atom is -0.463 e. The molecule has 2 aromatic rings. The van der Waals surface area contributed by atoms with E-state index >= 15 is 0 Å². The van der Waals surface area contributed by atoms with E-state index in [1.807, 2.05) is 0 Å². The standard InChI is InChI=1S/C36H38N4O13/c1-6-50-33(42)27-19(2)37-21(4)29(31(27)23-11-7-9-13-25(23)39(46)47)35(44)52-17-18-53-36(45)30-22(5)38-20(3)28(34(43)51-16-15-41)32(30)24-12-8-10-14-26(24)40(48)49/h7-14,31-32,37-38,41H,6,15-18H2,1-5H3. The van der Waals surface area contributed by atoms with Crippen LogP contribution >= 0.6 is 0 Å². The normalized spacial score (nSPS) is 17.1. The van der Waals surface area contributed by atoms with Crippen molar-refractivity contribution < 1.29 is 53.1 Å². The van der Waals surface area contributed by atoms with E-state index in [1.165, 1.54) is 69.3 Å². The summed E-state index contributed by atoms with van der Waals surface area (Å²) in [4.78, 5) is 76.6. The van der Waals surface area contributed by atoms with Crippen LogP contribution in [0.2, 0.25) is 0 Å². The fraction of sp³-hybridized carbons (Fsp3) is 0.333. The lowest BCUT2D eigenvalue weighted by Crippen LogP contribution is -2.34. The molecule has 2 heterocycles. The second kappa shape index (κ2) is 17.2. The molecule has 0 aliphatic carbocycles. The number of nitro groups is 2. The van der Waals surface area contributed by atoms with Crippen molar-refractivity contribution >= 4 is 35.3 Å². The van der Waals surface area contributed by atoms with Crippen molar-refractivity contribution in [2.75, 3.05) is 33.0 Å². The highest BCUT2D eigenvalue weighted by Gasteiger charge is 2.42. The molecule has 4 rings (SSSR count). The number of hydrogen-bond acceptors (Lipinski definition) is 15. The lowest BCUT2D eigenvalue weighted by atomic mass is 9.79. The summed E-state index contributed by atoms with van der Waals surface area (Å²) in [5.41, 5.74) is -0.0493. The molecule has 2 unspecified atom stereocenters. The summed E-state index contributed by atoms with van der Waals surface area (Å²) in [5, 5.41) is 39.1. The number of nitrogens with zero attached hydrogens (tertiary/aromatic N) is 2. The van der Waals surface area contributed by atoms with Crippen LogP contribution < -0.4 is 10.6 Å². The summed E-state index contributed by atoms with van der Waals surface area (Å²) in [7, 11) is 0. The van der Waals surface area contributed by atoms with Crippen molar-refractivity contribution in [1.29, 1.82) is 0 Å². The molecule has 17 nitrogen and oxygen atoms in total. The first kappa shape index (κ1) is 39.4. The Labute approximate surface area is 303 Å². The van der Waals surface area contributed by atoms with Crippen molar-refractivity contribution in [3.63, 3.8) is 0 Å². The molecule has 0 bridgehead atoms. The minimum atomic E-state index is -1.32. The second-order valence-corrected chi connectivity index (χ2v) is 11.8. The van der Waals surface area contributed by atoms with E-state index in [-0.39, 0.29) is 75.1 Å². The van der Waals surface area contributed by atoms with Gasteiger partial charge in [-0.3, -0.25) is 20.2 Å². The van der Waals surface area contributed by atoms with Gasteiger partial charge in [-0.25, -0.2) is 19.2 Å². The molecule has 0 radical (unpaired) electrons. The molecular weight excluding hydrogens is 696 g/mol. The van der Waals surface area contributed by atoms with Gasteiger partial charge in [-0.1, -0.05) is 36.4 Å². The summed E-state index contributed by atoms with van der Waals surface area (Å²) < 4.78 is 21.4. The van der Waals surface area contributed by atoms with Crippen molar-refractivity contribution in [2.45, 2.75) is 46.5 Å². The van der Waals surface area contributed by atoms with Gasteiger partial charge in [0.2, 0.25) is 0 Å². The van der Waals surface area contributed by atoms with Gasteiger partial charge < -0.3 is 34.7 Å². The smallest absolute Gasteiger partial charge is 0.336 e. The van der Waals surface area contributed by atoms with E-state index in [1.54, 1.807) is 13.8 Å². The molecule has 0 saturated heterocycles. The first-order chi connectivity index (χ1) is 25.2. The van der Waals surface area contributed by atoms with Crippen LogP contribution in [0.15, 0.2) is 93.6 Å². The predicted octanol–water partition coefficient (Wildman–Crippen LogP) is 3.86. The SMILES string of the molecule is CCOC(=O)C1=C(C)NC(C)=C(C(=O)OCCOC(=O)C2=C(C)NC(C)=C(C(=O)OCCO)C2c2ccccc2[N+](=O)[O-])C1c1ccccc1[N+](=O)[O-]. The molecule has 0 aromatic heterocycles. The van der Waals surface area contributed by atoms with E-state index in [2.05, 4.69) is 10.6 Å². The Morgan fingerprint density at radius 2 is 0.925 bits per heavy atom. The fourth-order valence-electron chi connectivity index (χ4n) is 6.34. The number of allylic oxidation sites excluding steroid dienone is 4. The van der Waals surface area contributed by atoms with Crippen molar-refractivity contribution in [3.05, 3.63) is 125 Å². The van der Waals surface area contributed by atoms with Crippen LogP contribution in [0.4, 0.5) is 11.4 Å². The number of para-hydroxylation sites is 2. The number of nitro benzene ring substituents is 2. The summed E-state index contributed by atoms with van der Waals surface area (Å²) in [5.74, 6) is -6.26. The predicted molar refractivity (Wildman–Crippen MR) is 185 cm³/mol. The van der Waals surface area contributed by atoms with E-state index < -0.39 is 65.4 Å². The van der Waals surface area contributed by atoms with Crippen LogP contribution in [0.1, 0.15) is 57.6 Å². The Balaban J connectivity index is 1.61. The summed E-state index contributed by atoms with van der Waals surface area (Å²) >= 11 is 0. The Morgan fingerprint density at radius 1 is 0.604 bits per heavy atom. The molecule has 0 saturated carbocycles. The maximum absolute atomic E-state index is 13.7. The zero-order chi connectivity index (χ0) is 39.0. The van der Waals surface area contributed by atoms with Gasteiger partial charge in [-0.05, 0) is 34.6 Å². The molecular formula is C36H38N4O13. The number of rotatable bonds is 14. The monoisotopic (exact) mass is 734 g/mol. The van der Waals surface area contributed by atoms with Gasteiger partial charge >= 0.3 is 23.9 Å². The average Bonchev–Trinajstić information content (AvgIpc) is 3.11. The third-order valence-electron chi connectivity index (χ3n) is 8.44. The number of ether oxygens (including phenoxy) is 4. The number of carbonyl (C=O) groups is 4. The van der Waals surface area contributed by atoms with Gasteiger partial charge in [0.05, 0.1) is 57.2 Å². The van der Waals surface area contributed by atoms with Crippen LogP contribution in [-0.4, -0.2) is 71.9 Å². The third kappa shape index (κ3) is 8.41. The van der Waals surface area contributed by atoms with Gasteiger partial charge in [0.15, 0.2) is 0 Å². The van der Waals surface area contributed by atoms with Crippen molar-refractivity contribution in [2.24, 2.45) is 0 Å². The molecule has 17 heteroatoms. The summed E-state index contributed by atoms with van der Waals surface area (Å²) in [6.45, 7) is 5.85. The van der Waals surface area contributed by atoms with E-state index in [0.29, 0.717) is 5.70 Å². The minimum absolute atomic E-state index is 0.000960. The van der Waals surface area contributed by atoms with Crippen LogP contribution in [0, 0.1) is 20.2 Å². The van der Waals surface area contributed by atoms with Gasteiger partial charge in [0, 0.05) is 46.0 Å². The average molecular weight is 735 g/mol. The Bertz CT molecular complexity index is 1980. The number of esters is 4. The van der Waals surface area contributed by atoms with E-state index in [0.717, 1.165) is 0 Å². The fourth-order valence-corrected chi connectivity index (χ4v) is 6.34. The van der Waals surface area contributed by atoms with Gasteiger partial charge in [-0.15, -0.1) is 0 Å². The highest BCUT2D eigenvalue weighted by molar-refractivity contribution is 6.01. The lowest BCUT2D eigenvalue weighted by molar-refractivity contribution is -0.385. The molecule has 3 N–H and O–H groups in total. The quantitative estimate of drug-likeness (QED) is 0.0822. The molecule has 0 fully saturated rings. The maximum Gasteiger partial charge on any atom is 0.336 e. The number of aliphatic hydroxyl groups is 1. The highest BCUT2D eigenvalue weighted by atomic mass is 16.6. The molecule has 2 aromatic carbocycles. The number of benzene rings is 2. The first-order valence-corrected chi connectivity index (χ1v) is 16.4. The van der Waals surface area contributed by atoms with Gasteiger partial charge in [0.25, 0.3) is 11.4 Å². The van der Waals surface area contributed by atoms with Crippen molar-refractivity contribution in [1.82, 2.24) is 10.6 Å². The summed E-state index contributed by atoms with van der Waals surface area (Å²) in [6.07, 6.45) is 0. The molecule has 2 aliphatic heterocycles. The van der Waals surface area contributed by atoms with Crippen LogP contribution in [0.3, 0.4) is 0 Å². The number of hydrogen-bond donors (Lipinski definition) is 3.